The van der Waals surface area contributed by atoms with Crippen molar-refractivity contribution in [3.05, 3.63) is 42.0 Å². The molecule has 0 aliphatic heterocycles. The Kier molecular flexibility index (Phi) is 5.39. The first kappa shape index (κ1) is 14.3. The molecule has 4 heteroatoms. The van der Waals surface area contributed by atoms with Crippen LogP contribution in [0, 0.1) is 6.92 Å². The van der Waals surface area contributed by atoms with Gasteiger partial charge in [-0.3, -0.25) is 4.79 Å². The summed E-state index contributed by atoms with van der Waals surface area (Å²) in [6, 6.07) is 5.30. The van der Waals surface area contributed by atoms with Crippen molar-refractivity contribution in [2.75, 3.05) is 32.5 Å². The van der Waals surface area contributed by atoms with E-state index >= 15 is 0 Å². The van der Waals surface area contributed by atoms with Gasteiger partial charge in [-0.05, 0) is 30.7 Å². The number of hydrogen-bond acceptors (Lipinski definition) is 3. The zero-order valence-corrected chi connectivity index (χ0v) is 11.0. The number of hydrogen-bond donors (Lipinski definition) is 1. The molecule has 0 spiro atoms. The van der Waals surface area contributed by atoms with Crippen molar-refractivity contribution in [3.8, 4) is 0 Å². The number of amides is 1. The first-order valence-electron chi connectivity index (χ1n) is 5.85. The van der Waals surface area contributed by atoms with Gasteiger partial charge in [-0.25, -0.2) is 0 Å². The molecule has 0 unspecified atom stereocenters. The Morgan fingerprint density at radius 1 is 1.56 bits per heavy atom. The molecule has 0 aliphatic carbocycles. The van der Waals surface area contributed by atoms with Gasteiger partial charge in [0, 0.05) is 31.5 Å². The SMILES string of the molecule is C=CCN(CCOC)C(=O)c1ccc(N)cc1C. The van der Waals surface area contributed by atoms with Gasteiger partial charge in [-0.15, -0.1) is 6.58 Å². The molecule has 0 aliphatic rings. The molecule has 18 heavy (non-hydrogen) atoms. The summed E-state index contributed by atoms with van der Waals surface area (Å²) in [6.45, 7) is 7.11. The number of carbonyl (C=O) groups is 1. The molecule has 0 radical (unpaired) electrons. The van der Waals surface area contributed by atoms with E-state index in [0.29, 0.717) is 30.9 Å². The molecule has 0 saturated carbocycles. The zero-order chi connectivity index (χ0) is 13.5. The number of carbonyl (C=O) groups excluding carboxylic acids is 1. The van der Waals surface area contributed by atoms with E-state index in [1.54, 1.807) is 36.3 Å². The highest BCUT2D eigenvalue weighted by atomic mass is 16.5. The van der Waals surface area contributed by atoms with Gasteiger partial charge in [0.1, 0.15) is 0 Å². The van der Waals surface area contributed by atoms with E-state index in [4.69, 9.17) is 10.5 Å². The summed E-state index contributed by atoms with van der Waals surface area (Å²) >= 11 is 0. The third kappa shape index (κ3) is 3.60. The number of benzene rings is 1. The minimum atomic E-state index is -0.0237. The van der Waals surface area contributed by atoms with Gasteiger partial charge in [0.05, 0.1) is 6.61 Å². The number of methoxy groups -OCH3 is 1. The van der Waals surface area contributed by atoms with Crippen LogP contribution in [0.5, 0.6) is 0 Å². The Morgan fingerprint density at radius 2 is 2.28 bits per heavy atom. The van der Waals surface area contributed by atoms with E-state index < -0.39 is 0 Å². The lowest BCUT2D eigenvalue weighted by Gasteiger charge is -2.21. The molecule has 1 rings (SSSR count). The lowest BCUT2D eigenvalue weighted by Crippen LogP contribution is -2.34. The van der Waals surface area contributed by atoms with Crippen molar-refractivity contribution >= 4 is 11.6 Å². The molecule has 0 heterocycles. The second kappa shape index (κ2) is 6.81. The maximum atomic E-state index is 12.4. The Bertz CT molecular complexity index is 430. The van der Waals surface area contributed by atoms with Crippen LogP contribution in [0.2, 0.25) is 0 Å². The third-order valence-corrected chi connectivity index (χ3v) is 2.68. The molecule has 0 fully saturated rings. The topological polar surface area (TPSA) is 55.6 Å². The molecule has 0 aromatic heterocycles. The normalized spacial score (nSPS) is 10.1. The number of ether oxygens (including phenoxy) is 1. The highest BCUT2D eigenvalue weighted by molar-refractivity contribution is 5.96. The van der Waals surface area contributed by atoms with E-state index in [0.717, 1.165) is 5.56 Å². The molecule has 1 amide bonds. The van der Waals surface area contributed by atoms with Gasteiger partial charge >= 0.3 is 0 Å². The van der Waals surface area contributed by atoms with Gasteiger partial charge in [0.15, 0.2) is 0 Å². The van der Waals surface area contributed by atoms with Gasteiger partial charge in [-0.1, -0.05) is 6.08 Å². The average Bonchev–Trinajstić information content (AvgIpc) is 2.33. The lowest BCUT2D eigenvalue weighted by molar-refractivity contribution is 0.0717. The monoisotopic (exact) mass is 248 g/mol. The predicted molar refractivity (Wildman–Crippen MR) is 73.6 cm³/mol. The summed E-state index contributed by atoms with van der Waals surface area (Å²) in [5.41, 5.74) is 7.89. The fourth-order valence-electron chi connectivity index (χ4n) is 1.73. The summed E-state index contributed by atoms with van der Waals surface area (Å²) < 4.78 is 5.01. The fourth-order valence-corrected chi connectivity index (χ4v) is 1.73. The first-order chi connectivity index (χ1) is 8.60. The van der Waals surface area contributed by atoms with Crippen molar-refractivity contribution in [3.63, 3.8) is 0 Å². The summed E-state index contributed by atoms with van der Waals surface area (Å²) in [6.07, 6.45) is 1.71. The molecule has 1 aromatic rings. The van der Waals surface area contributed by atoms with Gasteiger partial charge in [0.25, 0.3) is 5.91 Å². The Hall–Kier alpha value is -1.81. The maximum absolute atomic E-state index is 12.4. The number of nitrogens with zero attached hydrogens (tertiary/aromatic N) is 1. The van der Waals surface area contributed by atoms with Crippen LogP contribution in [0.25, 0.3) is 0 Å². The van der Waals surface area contributed by atoms with E-state index in [-0.39, 0.29) is 5.91 Å². The van der Waals surface area contributed by atoms with Crippen molar-refractivity contribution in [2.24, 2.45) is 0 Å². The van der Waals surface area contributed by atoms with Crippen LogP contribution in [0.15, 0.2) is 30.9 Å². The van der Waals surface area contributed by atoms with Crippen LogP contribution >= 0.6 is 0 Å². The van der Waals surface area contributed by atoms with Crippen molar-refractivity contribution < 1.29 is 9.53 Å². The standard InChI is InChI=1S/C14H20N2O2/c1-4-7-16(8-9-18-3)14(17)13-6-5-12(15)10-11(13)2/h4-6,10H,1,7-9,15H2,2-3H3. The number of rotatable bonds is 6. The van der Waals surface area contributed by atoms with E-state index in [2.05, 4.69) is 6.58 Å². The number of nitrogen functional groups attached to an aromatic ring is 1. The molecule has 0 atom stereocenters. The largest absolute Gasteiger partial charge is 0.399 e. The minimum absolute atomic E-state index is 0.0237. The van der Waals surface area contributed by atoms with Gasteiger partial charge < -0.3 is 15.4 Å². The van der Waals surface area contributed by atoms with Crippen LogP contribution in [0.3, 0.4) is 0 Å². The molecular weight excluding hydrogens is 228 g/mol. The van der Waals surface area contributed by atoms with E-state index in [1.807, 2.05) is 6.92 Å². The molecular formula is C14H20N2O2. The van der Waals surface area contributed by atoms with Crippen LogP contribution in [0.4, 0.5) is 5.69 Å². The molecule has 0 saturated heterocycles. The third-order valence-electron chi connectivity index (χ3n) is 2.68. The highest BCUT2D eigenvalue weighted by Gasteiger charge is 2.16. The van der Waals surface area contributed by atoms with Crippen LogP contribution in [-0.2, 0) is 4.74 Å². The molecule has 2 N–H and O–H groups in total. The van der Waals surface area contributed by atoms with Crippen molar-refractivity contribution in [1.29, 1.82) is 0 Å². The molecule has 1 aromatic carbocycles. The number of aryl methyl sites for hydroxylation is 1. The van der Waals surface area contributed by atoms with Crippen molar-refractivity contribution in [1.82, 2.24) is 4.90 Å². The van der Waals surface area contributed by atoms with Crippen LogP contribution < -0.4 is 5.73 Å². The van der Waals surface area contributed by atoms with E-state index in [1.165, 1.54) is 0 Å². The Balaban J connectivity index is 2.90. The predicted octanol–water partition coefficient (Wildman–Crippen LogP) is 1.85. The lowest BCUT2D eigenvalue weighted by atomic mass is 10.1. The summed E-state index contributed by atoms with van der Waals surface area (Å²) in [4.78, 5) is 14.1. The van der Waals surface area contributed by atoms with Gasteiger partial charge in [0.2, 0.25) is 0 Å². The van der Waals surface area contributed by atoms with Crippen LogP contribution in [-0.4, -0.2) is 37.6 Å². The second-order valence-corrected chi connectivity index (χ2v) is 4.11. The van der Waals surface area contributed by atoms with E-state index in [9.17, 15) is 4.79 Å². The Labute approximate surface area is 108 Å². The zero-order valence-electron chi connectivity index (χ0n) is 11.0. The molecule has 4 nitrogen and oxygen atoms in total. The van der Waals surface area contributed by atoms with Gasteiger partial charge in [-0.2, -0.15) is 0 Å². The summed E-state index contributed by atoms with van der Waals surface area (Å²) in [5.74, 6) is -0.0237. The maximum Gasteiger partial charge on any atom is 0.254 e. The molecule has 98 valence electrons. The average molecular weight is 248 g/mol. The van der Waals surface area contributed by atoms with Crippen molar-refractivity contribution in [2.45, 2.75) is 6.92 Å². The van der Waals surface area contributed by atoms with Crippen LogP contribution in [0.1, 0.15) is 15.9 Å². The smallest absolute Gasteiger partial charge is 0.254 e. The summed E-state index contributed by atoms with van der Waals surface area (Å²) in [5, 5.41) is 0. The Morgan fingerprint density at radius 3 is 2.83 bits per heavy atom. The number of nitrogens with two attached hydrogens (primary N) is 1. The second-order valence-electron chi connectivity index (χ2n) is 4.11. The fraction of sp³-hybridized carbons (Fsp3) is 0.357. The minimum Gasteiger partial charge on any atom is -0.399 e. The molecule has 0 bridgehead atoms. The highest BCUT2D eigenvalue weighted by Crippen LogP contribution is 2.14. The number of anilines is 1. The first-order valence-corrected chi connectivity index (χ1v) is 5.85. The quantitative estimate of drug-likeness (QED) is 0.617. The summed E-state index contributed by atoms with van der Waals surface area (Å²) in [7, 11) is 1.62.